The maximum Gasteiger partial charge on any atom is 0.146 e. The lowest BCUT2D eigenvalue weighted by molar-refractivity contribution is -0.0193. The van der Waals surface area contributed by atoms with Crippen molar-refractivity contribution in [2.45, 2.75) is 78.1 Å². The number of rotatable bonds is 14. The zero-order valence-electron chi connectivity index (χ0n) is 25.5. The van der Waals surface area contributed by atoms with E-state index in [-0.39, 0.29) is 16.6 Å². The molecule has 1 aliphatic carbocycles. The number of fused-ring (bicyclic) bond motifs is 1. The molecule has 3 heterocycles. The maximum absolute atomic E-state index is 9.45. The molecular formula is C35H38N4O2S3. The minimum absolute atomic E-state index is 0.121. The van der Waals surface area contributed by atoms with Crippen LogP contribution in [0.1, 0.15) is 76.3 Å². The molecule has 228 valence electrons. The number of hydrogen-bond donors (Lipinski definition) is 0. The summed E-state index contributed by atoms with van der Waals surface area (Å²) in [4.78, 5) is 0. The van der Waals surface area contributed by atoms with Crippen LogP contribution in [0.25, 0.3) is 11.1 Å². The highest BCUT2D eigenvalue weighted by Gasteiger charge is 2.40. The van der Waals surface area contributed by atoms with Gasteiger partial charge in [-0.1, -0.05) is 52.4 Å². The van der Waals surface area contributed by atoms with Crippen molar-refractivity contribution in [1.82, 2.24) is 0 Å². The Morgan fingerprint density at radius 2 is 1.07 bits per heavy atom. The van der Waals surface area contributed by atoms with Crippen molar-refractivity contribution in [1.29, 1.82) is 21.0 Å². The fourth-order valence-corrected chi connectivity index (χ4v) is 9.14. The van der Waals surface area contributed by atoms with Crippen LogP contribution in [0.15, 0.2) is 24.3 Å². The molecule has 0 aliphatic heterocycles. The zero-order valence-corrected chi connectivity index (χ0v) is 28.0. The standard InChI is InChI=1S/C35H38N4O2S3/c1-3-5-7-9-15-40-23-35(24-41-16-10-8-6-4-2)17-27-28(18-35)34(32-14-12-30(43-32)26(21-38)22-39)44-33(27)31-13-11-29(42-31)25(19-36)20-37/h11-14H,3-10,15-18,23-24H2,1-2H3/b33-31-,34-32+. The van der Waals surface area contributed by atoms with Crippen molar-refractivity contribution < 1.29 is 9.47 Å². The summed E-state index contributed by atoms with van der Waals surface area (Å²) in [7, 11) is 0. The molecule has 0 saturated carbocycles. The van der Waals surface area contributed by atoms with Gasteiger partial charge in [-0.3, -0.25) is 0 Å². The molecule has 6 nitrogen and oxygen atoms in total. The van der Waals surface area contributed by atoms with Gasteiger partial charge in [-0.15, -0.1) is 34.0 Å². The van der Waals surface area contributed by atoms with E-state index in [2.05, 4.69) is 13.8 Å². The Bertz CT molecular complexity index is 1750. The molecular weight excluding hydrogens is 605 g/mol. The topological polar surface area (TPSA) is 114 Å². The summed E-state index contributed by atoms with van der Waals surface area (Å²) >= 11 is 4.66. The lowest BCUT2D eigenvalue weighted by Gasteiger charge is -2.29. The van der Waals surface area contributed by atoms with E-state index in [1.54, 1.807) is 11.3 Å². The molecule has 0 N–H and O–H groups in total. The summed E-state index contributed by atoms with van der Waals surface area (Å²) in [5, 5.41) is 37.8. The van der Waals surface area contributed by atoms with Crippen LogP contribution in [-0.2, 0) is 22.3 Å². The second kappa shape index (κ2) is 16.7. The van der Waals surface area contributed by atoms with Crippen LogP contribution in [0.2, 0.25) is 0 Å². The normalized spacial score (nSPS) is 14.7. The highest BCUT2D eigenvalue weighted by atomic mass is 32.1. The monoisotopic (exact) mass is 642 g/mol. The fraction of sp³-hybridized carbons (Fsp3) is 0.486. The molecule has 0 saturated heterocycles. The van der Waals surface area contributed by atoms with Crippen molar-refractivity contribution in [3.05, 3.63) is 62.6 Å². The second-order valence-corrected chi connectivity index (χ2v) is 14.5. The van der Waals surface area contributed by atoms with E-state index in [0.717, 1.165) is 57.0 Å². The molecule has 0 radical (unpaired) electrons. The Hall–Kier alpha value is -3.28. The van der Waals surface area contributed by atoms with Crippen LogP contribution in [0.3, 0.4) is 0 Å². The van der Waals surface area contributed by atoms with Gasteiger partial charge in [0.05, 0.1) is 22.3 Å². The van der Waals surface area contributed by atoms with E-state index in [1.165, 1.54) is 72.3 Å². The van der Waals surface area contributed by atoms with E-state index in [0.29, 0.717) is 22.3 Å². The quantitative estimate of drug-likeness (QED) is 0.173. The summed E-state index contributed by atoms with van der Waals surface area (Å²) in [5.74, 6) is 0. The molecule has 0 aromatic carbocycles. The molecule has 44 heavy (non-hydrogen) atoms. The van der Waals surface area contributed by atoms with Gasteiger partial charge in [0.15, 0.2) is 0 Å². The number of ether oxygens (including phenoxy) is 2. The van der Waals surface area contributed by atoms with Crippen LogP contribution in [0.4, 0.5) is 0 Å². The first-order valence-corrected chi connectivity index (χ1v) is 17.8. The Labute approximate surface area is 271 Å². The van der Waals surface area contributed by atoms with Crippen molar-refractivity contribution >= 4 is 45.2 Å². The SMILES string of the molecule is CCCCCCOCC1(COCCCCCC)Cc2c(/c(=c3/ccc(=C(C#N)C#N)s3)s/c2=c2/ccc(=C(C#N)C#N)s2)C1. The number of thiophene rings is 3. The van der Waals surface area contributed by atoms with E-state index >= 15 is 0 Å². The Kier molecular flexibility index (Phi) is 12.8. The molecule has 0 spiro atoms. The average Bonchev–Trinajstić information content (AvgIpc) is 3.83. The highest BCUT2D eigenvalue weighted by molar-refractivity contribution is 7.13. The molecule has 0 unspecified atom stereocenters. The number of hydrogen-bond acceptors (Lipinski definition) is 9. The molecule has 0 bridgehead atoms. The lowest BCUT2D eigenvalue weighted by Crippen LogP contribution is -2.34. The van der Waals surface area contributed by atoms with E-state index in [1.807, 2.05) is 48.5 Å². The minimum Gasteiger partial charge on any atom is -0.381 e. The van der Waals surface area contributed by atoms with Crippen molar-refractivity contribution in [2.24, 2.45) is 5.41 Å². The Morgan fingerprint density at radius 3 is 1.45 bits per heavy atom. The third-order valence-electron chi connectivity index (χ3n) is 7.92. The molecule has 3 aromatic rings. The first-order valence-electron chi connectivity index (χ1n) is 15.4. The molecule has 3 aromatic heterocycles. The molecule has 4 rings (SSSR count). The molecule has 0 amide bonds. The Morgan fingerprint density at radius 1 is 0.636 bits per heavy atom. The zero-order chi connectivity index (χ0) is 31.4. The van der Waals surface area contributed by atoms with Crippen LogP contribution in [0, 0.1) is 68.9 Å². The average molecular weight is 643 g/mol. The molecule has 0 atom stereocenters. The third kappa shape index (κ3) is 8.05. The number of nitrogens with zero attached hydrogens (tertiary/aromatic N) is 4. The summed E-state index contributed by atoms with van der Waals surface area (Å²) in [5.41, 5.74) is 2.60. The van der Waals surface area contributed by atoms with Gasteiger partial charge >= 0.3 is 0 Å². The largest absolute Gasteiger partial charge is 0.381 e. The van der Waals surface area contributed by atoms with Gasteiger partial charge in [0, 0.05) is 36.8 Å². The van der Waals surface area contributed by atoms with Gasteiger partial charge in [-0.2, -0.15) is 21.0 Å². The summed E-state index contributed by atoms with van der Waals surface area (Å²) in [6, 6.07) is 15.8. The predicted octanol–water partition coefficient (Wildman–Crippen LogP) is 7.12. The van der Waals surface area contributed by atoms with Crippen LogP contribution >= 0.6 is 34.0 Å². The van der Waals surface area contributed by atoms with Gasteiger partial charge in [0.2, 0.25) is 0 Å². The molecule has 9 heteroatoms. The first-order chi connectivity index (χ1) is 21.5. The lowest BCUT2D eigenvalue weighted by atomic mass is 9.86. The first kappa shape index (κ1) is 33.6. The van der Waals surface area contributed by atoms with Gasteiger partial charge in [0.25, 0.3) is 0 Å². The van der Waals surface area contributed by atoms with Gasteiger partial charge < -0.3 is 9.47 Å². The van der Waals surface area contributed by atoms with E-state index in [9.17, 15) is 21.0 Å². The smallest absolute Gasteiger partial charge is 0.146 e. The third-order valence-corrected chi connectivity index (χ3v) is 11.8. The van der Waals surface area contributed by atoms with E-state index in [4.69, 9.17) is 9.47 Å². The highest BCUT2D eigenvalue weighted by Crippen LogP contribution is 2.42. The number of nitriles is 4. The predicted molar refractivity (Wildman–Crippen MR) is 177 cm³/mol. The van der Waals surface area contributed by atoms with E-state index < -0.39 is 0 Å². The second-order valence-electron chi connectivity index (χ2n) is 11.3. The van der Waals surface area contributed by atoms with Gasteiger partial charge in [0.1, 0.15) is 35.4 Å². The fourth-order valence-electron chi connectivity index (χ4n) is 5.63. The summed E-state index contributed by atoms with van der Waals surface area (Å²) < 4.78 is 18.4. The van der Waals surface area contributed by atoms with Crippen molar-refractivity contribution in [3.63, 3.8) is 0 Å². The van der Waals surface area contributed by atoms with Gasteiger partial charge in [-0.05, 0) is 61.1 Å². The van der Waals surface area contributed by atoms with Crippen molar-refractivity contribution in [2.75, 3.05) is 26.4 Å². The van der Waals surface area contributed by atoms with Crippen LogP contribution in [-0.4, -0.2) is 26.4 Å². The number of unbranched alkanes of at least 4 members (excludes halogenated alkanes) is 6. The van der Waals surface area contributed by atoms with Crippen LogP contribution in [0.5, 0.6) is 0 Å². The van der Waals surface area contributed by atoms with Gasteiger partial charge in [-0.25, -0.2) is 0 Å². The minimum atomic E-state index is -0.189. The summed E-state index contributed by atoms with van der Waals surface area (Å²) in [6.07, 6.45) is 10.9. The maximum atomic E-state index is 9.45. The summed E-state index contributed by atoms with van der Waals surface area (Å²) in [6.45, 7) is 7.17. The molecule has 1 aliphatic rings. The Balaban J connectivity index is 1.84. The van der Waals surface area contributed by atoms with Crippen LogP contribution < -0.4 is 9.06 Å². The van der Waals surface area contributed by atoms with Crippen molar-refractivity contribution in [3.8, 4) is 24.3 Å². The molecule has 0 fully saturated rings.